The lowest BCUT2D eigenvalue weighted by Crippen LogP contribution is -2.54. The van der Waals surface area contributed by atoms with Crippen LogP contribution >= 0.6 is 0 Å². The van der Waals surface area contributed by atoms with E-state index in [0.717, 1.165) is 48.5 Å². The number of aromatic nitrogens is 3. The second-order valence-electron chi connectivity index (χ2n) is 6.90. The number of ether oxygens (including phenoxy) is 1. The Labute approximate surface area is 157 Å². The molecule has 3 aromatic rings. The third-order valence-corrected chi connectivity index (χ3v) is 5.02. The number of pyridine rings is 1. The zero-order valence-corrected chi connectivity index (χ0v) is 15.0. The molecule has 136 valence electrons. The number of nitrogens with one attached hydrogen (secondary N) is 1. The summed E-state index contributed by atoms with van der Waals surface area (Å²) < 4.78 is 6.16. The number of benzene rings is 1. The van der Waals surface area contributed by atoms with Crippen molar-refractivity contribution in [3.8, 4) is 5.88 Å². The molecule has 1 saturated heterocycles. The number of anilines is 1. The van der Waals surface area contributed by atoms with E-state index >= 15 is 0 Å². The number of para-hydroxylation sites is 1. The van der Waals surface area contributed by atoms with Gasteiger partial charge in [-0.15, -0.1) is 0 Å². The first kappa shape index (κ1) is 16.2. The fourth-order valence-electron chi connectivity index (χ4n) is 3.54. The molecule has 2 aromatic heterocycles. The average Bonchev–Trinajstić information content (AvgIpc) is 2.71. The van der Waals surface area contributed by atoms with Gasteiger partial charge in [-0.05, 0) is 31.2 Å². The maximum atomic E-state index is 6.16. The SMILES string of the molecule is C1=CC(c2nccnc2OC2CN(c3ccc4ccccc4n3)C2)NCC1. The van der Waals surface area contributed by atoms with Crippen LogP contribution in [-0.4, -0.2) is 40.7 Å². The number of rotatable bonds is 4. The van der Waals surface area contributed by atoms with Crippen LogP contribution in [0.2, 0.25) is 0 Å². The molecule has 5 rings (SSSR count). The predicted molar refractivity (Wildman–Crippen MR) is 105 cm³/mol. The summed E-state index contributed by atoms with van der Waals surface area (Å²) in [5, 5.41) is 4.61. The molecule has 0 amide bonds. The first-order valence-electron chi connectivity index (χ1n) is 9.35. The summed E-state index contributed by atoms with van der Waals surface area (Å²) >= 11 is 0. The minimum atomic E-state index is 0.0702. The molecule has 2 aliphatic heterocycles. The van der Waals surface area contributed by atoms with E-state index in [-0.39, 0.29) is 12.1 Å². The number of hydrogen-bond acceptors (Lipinski definition) is 6. The van der Waals surface area contributed by atoms with Crippen molar-refractivity contribution < 1.29 is 4.74 Å². The largest absolute Gasteiger partial charge is 0.469 e. The molecular weight excluding hydrogens is 338 g/mol. The van der Waals surface area contributed by atoms with Gasteiger partial charge in [0.25, 0.3) is 0 Å². The summed E-state index contributed by atoms with van der Waals surface area (Å²) in [5.41, 5.74) is 1.88. The minimum absolute atomic E-state index is 0.0702. The van der Waals surface area contributed by atoms with Gasteiger partial charge in [0.2, 0.25) is 5.88 Å². The van der Waals surface area contributed by atoms with Crippen LogP contribution in [0.25, 0.3) is 10.9 Å². The second kappa shape index (κ2) is 6.96. The van der Waals surface area contributed by atoms with Crippen LogP contribution < -0.4 is 15.0 Å². The first-order valence-corrected chi connectivity index (χ1v) is 9.35. The van der Waals surface area contributed by atoms with Crippen LogP contribution in [0.3, 0.4) is 0 Å². The Balaban J connectivity index is 1.27. The van der Waals surface area contributed by atoms with Gasteiger partial charge in [-0.3, -0.25) is 4.98 Å². The molecule has 1 N–H and O–H groups in total. The zero-order chi connectivity index (χ0) is 18.1. The maximum absolute atomic E-state index is 6.16. The molecule has 1 fully saturated rings. The third kappa shape index (κ3) is 3.24. The van der Waals surface area contributed by atoms with Crippen molar-refractivity contribution in [1.29, 1.82) is 0 Å². The standard InChI is InChI=1S/C21H21N5O/c1-2-6-17-15(5-1)8-9-19(25-17)26-13-16(14-26)27-21-20(23-11-12-24-21)18-7-3-4-10-22-18/h1-3,5-9,11-12,16,18,22H,4,10,13-14H2. The third-order valence-electron chi connectivity index (χ3n) is 5.02. The van der Waals surface area contributed by atoms with Gasteiger partial charge in [0.15, 0.2) is 0 Å². The van der Waals surface area contributed by atoms with E-state index in [0.29, 0.717) is 5.88 Å². The van der Waals surface area contributed by atoms with Gasteiger partial charge in [0.05, 0.1) is 24.6 Å². The first-order chi connectivity index (χ1) is 13.4. The lowest BCUT2D eigenvalue weighted by molar-refractivity contribution is 0.156. The Morgan fingerprint density at radius 1 is 1.04 bits per heavy atom. The van der Waals surface area contributed by atoms with Gasteiger partial charge in [0, 0.05) is 17.8 Å². The van der Waals surface area contributed by atoms with Crippen molar-refractivity contribution in [2.45, 2.75) is 18.6 Å². The lowest BCUT2D eigenvalue weighted by atomic mass is 10.1. The van der Waals surface area contributed by atoms with E-state index in [9.17, 15) is 0 Å². The zero-order valence-electron chi connectivity index (χ0n) is 15.0. The molecule has 27 heavy (non-hydrogen) atoms. The number of fused-ring (bicyclic) bond motifs is 1. The second-order valence-corrected chi connectivity index (χ2v) is 6.90. The van der Waals surface area contributed by atoms with Crippen LogP contribution in [-0.2, 0) is 0 Å². The lowest BCUT2D eigenvalue weighted by Gasteiger charge is -2.39. The number of hydrogen-bond donors (Lipinski definition) is 1. The van der Waals surface area contributed by atoms with E-state index in [1.807, 2.05) is 18.2 Å². The molecule has 0 aliphatic carbocycles. The maximum Gasteiger partial charge on any atom is 0.238 e. The quantitative estimate of drug-likeness (QED) is 0.723. The van der Waals surface area contributed by atoms with Crippen LogP contribution in [0, 0.1) is 0 Å². The van der Waals surface area contributed by atoms with Gasteiger partial charge < -0.3 is 15.0 Å². The average molecular weight is 359 g/mol. The molecule has 2 aliphatic rings. The van der Waals surface area contributed by atoms with Crippen molar-refractivity contribution >= 4 is 16.7 Å². The van der Waals surface area contributed by atoms with Gasteiger partial charge in [-0.2, -0.15) is 0 Å². The van der Waals surface area contributed by atoms with E-state index < -0.39 is 0 Å². The van der Waals surface area contributed by atoms with Crippen molar-refractivity contribution in [2.24, 2.45) is 0 Å². The summed E-state index contributed by atoms with van der Waals surface area (Å²) in [5.74, 6) is 1.61. The molecule has 4 heterocycles. The summed E-state index contributed by atoms with van der Waals surface area (Å²) in [4.78, 5) is 15.9. The Morgan fingerprint density at radius 2 is 1.93 bits per heavy atom. The monoisotopic (exact) mass is 359 g/mol. The summed E-state index contributed by atoms with van der Waals surface area (Å²) in [6.45, 7) is 2.55. The van der Waals surface area contributed by atoms with Crippen LogP contribution in [0.4, 0.5) is 5.82 Å². The van der Waals surface area contributed by atoms with E-state index in [4.69, 9.17) is 9.72 Å². The van der Waals surface area contributed by atoms with Gasteiger partial charge in [0.1, 0.15) is 17.6 Å². The topological polar surface area (TPSA) is 63.2 Å². The molecule has 1 aromatic carbocycles. The normalized spacial score (nSPS) is 19.9. The molecule has 0 radical (unpaired) electrons. The molecule has 0 spiro atoms. The van der Waals surface area contributed by atoms with Gasteiger partial charge in [-0.25, -0.2) is 9.97 Å². The Hall–Kier alpha value is -2.99. The van der Waals surface area contributed by atoms with Crippen LogP contribution in [0.5, 0.6) is 5.88 Å². The summed E-state index contributed by atoms with van der Waals surface area (Å²) in [7, 11) is 0. The van der Waals surface area contributed by atoms with Crippen molar-refractivity contribution in [3.63, 3.8) is 0 Å². The van der Waals surface area contributed by atoms with E-state index in [2.05, 4.69) is 50.5 Å². The Bertz CT molecular complexity index is 983. The fraction of sp³-hybridized carbons (Fsp3) is 0.286. The fourth-order valence-corrected chi connectivity index (χ4v) is 3.54. The molecule has 0 bridgehead atoms. The highest BCUT2D eigenvalue weighted by atomic mass is 16.5. The predicted octanol–water partition coefficient (Wildman–Crippen LogP) is 2.88. The van der Waals surface area contributed by atoms with Crippen LogP contribution in [0.15, 0.2) is 60.9 Å². The Morgan fingerprint density at radius 3 is 2.81 bits per heavy atom. The van der Waals surface area contributed by atoms with Crippen molar-refractivity contribution in [2.75, 3.05) is 24.5 Å². The molecule has 6 nitrogen and oxygen atoms in total. The Kier molecular flexibility index (Phi) is 4.18. The summed E-state index contributed by atoms with van der Waals surface area (Å²) in [6, 6.07) is 12.4. The van der Waals surface area contributed by atoms with E-state index in [1.54, 1.807) is 12.4 Å². The summed E-state index contributed by atoms with van der Waals surface area (Å²) in [6.07, 6.45) is 8.86. The highest BCUT2D eigenvalue weighted by Crippen LogP contribution is 2.28. The molecular formula is C21H21N5O. The van der Waals surface area contributed by atoms with Crippen molar-refractivity contribution in [1.82, 2.24) is 20.3 Å². The van der Waals surface area contributed by atoms with Crippen molar-refractivity contribution in [3.05, 3.63) is 66.6 Å². The highest BCUT2D eigenvalue weighted by molar-refractivity contribution is 5.80. The molecule has 0 saturated carbocycles. The van der Waals surface area contributed by atoms with Crippen LogP contribution in [0.1, 0.15) is 18.2 Å². The molecule has 6 heteroatoms. The smallest absolute Gasteiger partial charge is 0.238 e. The minimum Gasteiger partial charge on any atom is -0.469 e. The molecule has 1 atom stereocenters. The molecule has 1 unspecified atom stereocenters. The highest BCUT2D eigenvalue weighted by Gasteiger charge is 2.31. The number of nitrogens with zero attached hydrogens (tertiary/aromatic N) is 4. The van der Waals surface area contributed by atoms with E-state index in [1.165, 1.54) is 0 Å². The van der Waals surface area contributed by atoms with Gasteiger partial charge >= 0.3 is 0 Å². The van der Waals surface area contributed by atoms with Gasteiger partial charge in [-0.1, -0.05) is 30.4 Å².